The van der Waals surface area contributed by atoms with E-state index in [1.165, 1.54) is 5.06 Å². The van der Waals surface area contributed by atoms with E-state index in [-0.39, 0.29) is 5.92 Å². The van der Waals surface area contributed by atoms with Crippen molar-refractivity contribution in [1.82, 2.24) is 5.06 Å². The summed E-state index contributed by atoms with van der Waals surface area (Å²) in [5, 5.41) is 11.1. The molecule has 2 rings (SSSR count). The van der Waals surface area contributed by atoms with Crippen molar-refractivity contribution >= 4 is 12.4 Å². The van der Waals surface area contributed by atoms with Crippen LogP contribution in [-0.2, 0) is 19.2 Å². The van der Waals surface area contributed by atoms with Gasteiger partial charge in [-0.15, -0.1) is 0 Å². The Kier molecular flexibility index (Phi) is 8.35. The third kappa shape index (κ3) is 5.95. The van der Waals surface area contributed by atoms with E-state index in [1.807, 2.05) is 13.8 Å². The van der Waals surface area contributed by atoms with Gasteiger partial charge in [0, 0.05) is 13.0 Å². The van der Waals surface area contributed by atoms with E-state index in [9.17, 15) is 14.7 Å². The Balaban J connectivity index is 2.08. The number of carboxylic acid groups (broad SMARTS) is 1. The van der Waals surface area contributed by atoms with E-state index in [4.69, 9.17) is 9.57 Å². The molecule has 1 N–H and O–H groups in total. The molecule has 0 bridgehead atoms. The molecule has 3 atom stereocenters. The Morgan fingerprint density at radius 3 is 2.42 bits per heavy atom. The lowest BCUT2D eigenvalue weighted by atomic mass is 9.75. The molecular weight excluding hydrogens is 334 g/mol. The number of rotatable bonds is 9. The average molecular weight is 370 g/mol. The number of amides is 1. The van der Waals surface area contributed by atoms with Gasteiger partial charge >= 0.3 is 5.97 Å². The van der Waals surface area contributed by atoms with Crippen LogP contribution in [0.15, 0.2) is 0 Å². The summed E-state index contributed by atoms with van der Waals surface area (Å²) in [6, 6.07) is -0.491. The summed E-state index contributed by atoms with van der Waals surface area (Å²) in [4.78, 5) is 29.6. The van der Waals surface area contributed by atoms with E-state index in [2.05, 4.69) is 6.92 Å². The molecule has 1 heterocycles. The second-order valence-corrected chi connectivity index (χ2v) is 8.41. The highest BCUT2D eigenvalue weighted by atomic mass is 16.8. The first-order chi connectivity index (χ1) is 12.4. The van der Waals surface area contributed by atoms with E-state index in [1.54, 1.807) is 0 Å². The maximum Gasteiger partial charge on any atom is 0.308 e. The third-order valence-electron chi connectivity index (χ3n) is 5.91. The van der Waals surface area contributed by atoms with Gasteiger partial charge < -0.3 is 9.84 Å². The summed E-state index contributed by atoms with van der Waals surface area (Å²) in [5.41, 5.74) is 0. The molecule has 0 aromatic carbocycles. The molecule has 6 nitrogen and oxygen atoms in total. The van der Waals surface area contributed by atoms with Crippen LogP contribution in [0.5, 0.6) is 0 Å². The van der Waals surface area contributed by atoms with Crippen molar-refractivity contribution in [3.05, 3.63) is 0 Å². The zero-order valence-electron chi connectivity index (χ0n) is 16.4. The molecule has 2 aliphatic rings. The smallest absolute Gasteiger partial charge is 0.308 e. The molecule has 0 spiro atoms. The number of carboxylic acids is 1. The maximum atomic E-state index is 12.1. The molecule has 6 heteroatoms. The molecule has 1 unspecified atom stereocenters. The normalized spacial score (nSPS) is 29.2. The molecule has 150 valence electrons. The van der Waals surface area contributed by atoms with Crippen LogP contribution in [0.1, 0.15) is 72.1 Å². The molecule has 1 amide bonds. The minimum absolute atomic E-state index is 0.0209. The Labute approximate surface area is 157 Å². The van der Waals surface area contributed by atoms with Gasteiger partial charge in [0.2, 0.25) is 6.41 Å². The maximum absolute atomic E-state index is 12.1. The quantitative estimate of drug-likeness (QED) is 0.493. The Morgan fingerprint density at radius 1 is 1.23 bits per heavy atom. The lowest BCUT2D eigenvalue weighted by Crippen LogP contribution is -2.49. The van der Waals surface area contributed by atoms with E-state index < -0.39 is 24.2 Å². The highest BCUT2D eigenvalue weighted by molar-refractivity contribution is 5.71. The van der Waals surface area contributed by atoms with Gasteiger partial charge in [0.15, 0.2) is 6.29 Å². The van der Waals surface area contributed by atoms with Crippen molar-refractivity contribution in [3.8, 4) is 0 Å². The Morgan fingerprint density at radius 2 is 1.92 bits per heavy atom. The van der Waals surface area contributed by atoms with Gasteiger partial charge in [-0.3, -0.25) is 9.59 Å². The third-order valence-corrected chi connectivity index (χ3v) is 5.91. The van der Waals surface area contributed by atoms with Gasteiger partial charge in [0.1, 0.15) is 0 Å². The first-order valence-electron chi connectivity index (χ1n) is 10.2. The summed E-state index contributed by atoms with van der Waals surface area (Å²) in [6.07, 6.45) is 7.95. The summed E-state index contributed by atoms with van der Waals surface area (Å²) in [6.45, 7) is 6.77. The van der Waals surface area contributed by atoms with Gasteiger partial charge in [0.25, 0.3) is 0 Å². The fourth-order valence-corrected chi connectivity index (χ4v) is 4.34. The lowest BCUT2D eigenvalue weighted by Gasteiger charge is -2.38. The van der Waals surface area contributed by atoms with E-state index >= 15 is 0 Å². The molecule has 1 saturated carbocycles. The lowest BCUT2D eigenvalue weighted by molar-refractivity contribution is -0.293. The number of hydrogen-bond acceptors (Lipinski definition) is 4. The first kappa shape index (κ1) is 21.2. The first-order valence-corrected chi connectivity index (χ1v) is 10.2. The Hall–Kier alpha value is -1.14. The molecule has 0 aromatic rings. The van der Waals surface area contributed by atoms with Crippen molar-refractivity contribution in [3.63, 3.8) is 0 Å². The highest BCUT2D eigenvalue weighted by Gasteiger charge is 2.38. The molecule has 1 saturated heterocycles. The molecular formula is C20H35NO5. The molecule has 26 heavy (non-hydrogen) atoms. The van der Waals surface area contributed by atoms with Crippen molar-refractivity contribution < 1.29 is 24.3 Å². The number of nitrogens with zero attached hydrogens (tertiary/aromatic N) is 1. The fraction of sp³-hybridized carbons (Fsp3) is 0.900. The minimum atomic E-state index is -0.845. The van der Waals surface area contributed by atoms with Gasteiger partial charge in [0.05, 0.1) is 12.0 Å². The van der Waals surface area contributed by atoms with Crippen molar-refractivity contribution in [2.24, 2.45) is 23.7 Å². The monoisotopic (exact) mass is 369 g/mol. The summed E-state index contributed by atoms with van der Waals surface area (Å²) in [5.74, 6) is -0.349. The highest BCUT2D eigenvalue weighted by Crippen LogP contribution is 2.35. The second-order valence-electron chi connectivity index (χ2n) is 8.41. The average Bonchev–Trinajstić information content (AvgIpc) is 2.62. The minimum Gasteiger partial charge on any atom is -0.481 e. The molecule has 0 radical (unpaired) electrons. The van der Waals surface area contributed by atoms with Crippen molar-refractivity contribution in [2.75, 3.05) is 6.61 Å². The van der Waals surface area contributed by atoms with Crippen LogP contribution >= 0.6 is 0 Å². The van der Waals surface area contributed by atoms with Crippen LogP contribution in [0.3, 0.4) is 0 Å². The summed E-state index contributed by atoms with van der Waals surface area (Å²) in [7, 11) is 0. The number of carbonyl (C=O) groups is 2. The van der Waals surface area contributed by atoms with Crippen LogP contribution < -0.4 is 0 Å². The SMILES string of the molecule is CC1CCC(C[C@@H](C(=O)O)[C@H](C(C)C)N(C=O)OC2CCCCO2)CC1. The molecule has 1 aliphatic heterocycles. The number of aliphatic carboxylic acids is 1. The van der Waals surface area contributed by atoms with E-state index in [0.717, 1.165) is 50.9 Å². The number of hydrogen-bond donors (Lipinski definition) is 1. The topological polar surface area (TPSA) is 76.1 Å². The van der Waals surface area contributed by atoms with Gasteiger partial charge in [-0.25, -0.2) is 9.90 Å². The molecule has 2 fully saturated rings. The van der Waals surface area contributed by atoms with Crippen LogP contribution in [0.4, 0.5) is 0 Å². The van der Waals surface area contributed by atoms with Crippen molar-refractivity contribution in [1.29, 1.82) is 0 Å². The predicted octanol–water partition coefficient (Wildman–Crippen LogP) is 3.84. The largest absolute Gasteiger partial charge is 0.481 e. The summed E-state index contributed by atoms with van der Waals surface area (Å²) >= 11 is 0. The number of hydroxylamine groups is 2. The standard InChI is InChI=1S/C20H35NO5/c1-14(2)19(21(13-22)26-18-6-4-5-11-25-18)17(20(23)24)12-16-9-7-15(3)8-10-16/h13-19H,4-12H2,1-3H3,(H,23,24)/t15?,16?,17-,18?,19+/m1/s1. The second kappa shape index (κ2) is 10.3. The van der Waals surface area contributed by atoms with E-state index in [0.29, 0.717) is 25.4 Å². The van der Waals surface area contributed by atoms with Crippen molar-refractivity contribution in [2.45, 2.75) is 84.5 Å². The zero-order valence-corrected chi connectivity index (χ0v) is 16.4. The van der Waals surface area contributed by atoms with Gasteiger partial charge in [-0.2, -0.15) is 0 Å². The van der Waals surface area contributed by atoms with Crippen LogP contribution in [-0.4, -0.2) is 41.5 Å². The van der Waals surface area contributed by atoms with Crippen LogP contribution in [0.2, 0.25) is 0 Å². The number of carbonyl (C=O) groups excluding carboxylic acids is 1. The summed E-state index contributed by atoms with van der Waals surface area (Å²) < 4.78 is 5.57. The Bertz CT molecular complexity index is 441. The number of ether oxygens (including phenoxy) is 1. The zero-order chi connectivity index (χ0) is 19.1. The predicted molar refractivity (Wildman–Crippen MR) is 98.1 cm³/mol. The molecule has 0 aromatic heterocycles. The van der Waals surface area contributed by atoms with Crippen LogP contribution in [0, 0.1) is 23.7 Å². The van der Waals surface area contributed by atoms with Gasteiger partial charge in [-0.05, 0) is 37.0 Å². The molecule has 1 aliphatic carbocycles. The fourth-order valence-electron chi connectivity index (χ4n) is 4.34. The van der Waals surface area contributed by atoms with Gasteiger partial charge in [-0.1, -0.05) is 46.5 Å². The van der Waals surface area contributed by atoms with Crippen LogP contribution in [0.25, 0.3) is 0 Å².